The zero-order chi connectivity index (χ0) is 13.4. The number of terminal acetylenes is 1. The van der Waals surface area contributed by atoms with Gasteiger partial charge in [-0.15, -0.1) is 6.42 Å². The van der Waals surface area contributed by atoms with Gasteiger partial charge in [-0.3, -0.25) is 4.79 Å². The molecular formula is C15H20N2O. The summed E-state index contributed by atoms with van der Waals surface area (Å²) in [5, 5.41) is 5.83. The lowest BCUT2D eigenvalue weighted by Crippen LogP contribution is -2.42. The monoisotopic (exact) mass is 244 g/mol. The largest absolute Gasteiger partial charge is 0.344 e. The van der Waals surface area contributed by atoms with Crippen LogP contribution in [0, 0.1) is 19.3 Å². The van der Waals surface area contributed by atoms with Gasteiger partial charge < -0.3 is 10.6 Å². The maximum atomic E-state index is 11.5. The highest BCUT2D eigenvalue weighted by Gasteiger charge is 2.10. The minimum Gasteiger partial charge on any atom is -0.344 e. The normalized spacial score (nSPS) is 11.6. The van der Waals surface area contributed by atoms with E-state index >= 15 is 0 Å². The fourth-order valence-corrected chi connectivity index (χ4v) is 1.68. The Morgan fingerprint density at radius 2 is 2.28 bits per heavy atom. The van der Waals surface area contributed by atoms with Crippen molar-refractivity contribution >= 4 is 5.91 Å². The van der Waals surface area contributed by atoms with Gasteiger partial charge >= 0.3 is 0 Å². The second-order valence-electron chi connectivity index (χ2n) is 4.34. The Bertz CT molecular complexity index is 434. The van der Waals surface area contributed by atoms with Crippen molar-refractivity contribution in [3.63, 3.8) is 0 Å². The summed E-state index contributed by atoms with van der Waals surface area (Å²) in [7, 11) is 0. The van der Waals surface area contributed by atoms with Crippen molar-refractivity contribution in [1.82, 2.24) is 10.6 Å². The number of rotatable bonds is 6. The van der Waals surface area contributed by atoms with Crippen LogP contribution in [0.1, 0.15) is 18.1 Å². The highest BCUT2D eigenvalue weighted by molar-refractivity contribution is 5.81. The van der Waals surface area contributed by atoms with E-state index in [4.69, 9.17) is 6.42 Å². The van der Waals surface area contributed by atoms with E-state index in [1.807, 2.05) is 13.0 Å². The molecule has 0 aromatic heterocycles. The summed E-state index contributed by atoms with van der Waals surface area (Å²) in [5.74, 6) is 2.32. The van der Waals surface area contributed by atoms with Crippen LogP contribution in [0.4, 0.5) is 0 Å². The Morgan fingerprint density at radius 1 is 1.50 bits per heavy atom. The van der Waals surface area contributed by atoms with Crippen molar-refractivity contribution in [2.24, 2.45) is 0 Å². The molecule has 0 aliphatic rings. The first kappa shape index (κ1) is 14.3. The SMILES string of the molecule is C#CCNC(=O)C(C)NCCc1cccc(C)c1. The van der Waals surface area contributed by atoms with Gasteiger partial charge in [0.2, 0.25) is 5.91 Å². The molecule has 96 valence electrons. The molecule has 0 bridgehead atoms. The van der Waals surface area contributed by atoms with Crippen molar-refractivity contribution in [3.8, 4) is 12.3 Å². The predicted octanol–water partition coefficient (Wildman–Crippen LogP) is 1.27. The van der Waals surface area contributed by atoms with Crippen molar-refractivity contribution < 1.29 is 4.79 Å². The van der Waals surface area contributed by atoms with E-state index in [-0.39, 0.29) is 18.5 Å². The molecule has 18 heavy (non-hydrogen) atoms. The average Bonchev–Trinajstić information content (AvgIpc) is 2.35. The molecule has 3 nitrogen and oxygen atoms in total. The summed E-state index contributed by atoms with van der Waals surface area (Å²) in [5.41, 5.74) is 2.53. The summed E-state index contributed by atoms with van der Waals surface area (Å²) < 4.78 is 0. The van der Waals surface area contributed by atoms with Crippen LogP contribution in [0.3, 0.4) is 0 Å². The van der Waals surface area contributed by atoms with Gasteiger partial charge in [0.25, 0.3) is 0 Å². The molecule has 0 saturated carbocycles. The van der Waals surface area contributed by atoms with E-state index in [0.717, 1.165) is 13.0 Å². The molecule has 3 heteroatoms. The molecule has 0 aliphatic heterocycles. The molecule has 1 amide bonds. The third-order valence-electron chi connectivity index (χ3n) is 2.70. The van der Waals surface area contributed by atoms with Crippen molar-refractivity contribution in [2.45, 2.75) is 26.3 Å². The summed E-state index contributed by atoms with van der Waals surface area (Å²) in [6.45, 7) is 4.96. The first-order valence-electron chi connectivity index (χ1n) is 6.13. The molecule has 0 saturated heterocycles. The molecular weight excluding hydrogens is 224 g/mol. The van der Waals surface area contributed by atoms with Crippen LogP contribution in [0.15, 0.2) is 24.3 Å². The van der Waals surface area contributed by atoms with Crippen LogP contribution in [0.2, 0.25) is 0 Å². The van der Waals surface area contributed by atoms with Gasteiger partial charge in [0.15, 0.2) is 0 Å². The summed E-state index contributed by atoms with van der Waals surface area (Å²) >= 11 is 0. The zero-order valence-corrected chi connectivity index (χ0v) is 11.0. The average molecular weight is 244 g/mol. The van der Waals surface area contributed by atoms with Gasteiger partial charge in [-0.05, 0) is 32.4 Å². The number of carbonyl (C=O) groups is 1. The Hall–Kier alpha value is -1.79. The van der Waals surface area contributed by atoms with Crippen LogP contribution in [-0.2, 0) is 11.2 Å². The Balaban J connectivity index is 2.29. The highest BCUT2D eigenvalue weighted by atomic mass is 16.2. The maximum absolute atomic E-state index is 11.5. The smallest absolute Gasteiger partial charge is 0.237 e. The molecule has 2 N–H and O–H groups in total. The van der Waals surface area contributed by atoms with Gasteiger partial charge in [0.1, 0.15) is 0 Å². The molecule has 1 atom stereocenters. The minimum absolute atomic E-state index is 0.0582. The van der Waals surface area contributed by atoms with E-state index in [1.54, 1.807) is 0 Å². The maximum Gasteiger partial charge on any atom is 0.237 e. The van der Waals surface area contributed by atoms with Crippen LogP contribution in [0.5, 0.6) is 0 Å². The molecule has 1 rings (SSSR count). The van der Waals surface area contributed by atoms with Crippen LogP contribution < -0.4 is 10.6 Å². The third kappa shape index (κ3) is 5.03. The van der Waals surface area contributed by atoms with E-state index in [2.05, 4.69) is 41.7 Å². The summed E-state index contributed by atoms with van der Waals surface area (Å²) in [4.78, 5) is 11.5. The van der Waals surface area contributed by atoms with Crippen molar-refractivity contribution in [3.05, 3.63) is 35.4 Å². The van der Waals surface area contributed by atoms with Gasteiger partial charge in [0, 0.05) is 0 Å². The Kier molecular flexibility index (Phi) is 5.96. The predicted molar refractivity (Wildman–Crippen MR) is 74.2 cm³/mol. The number of carbonyl (C=O) groups excluding carboxylic acids is 1. The van der Waals surface area contributed by atoms with Gasteiger partial charge in [-0.25, -0.2) is 0 Å². The number of amides is 1. The zero-order valence-electron chi connectivity index (χ0n) is 11.0. The highest BCUT2D eigenvalue weighted by Crippen LogP contribution is 2.03. The second-order valence-corrected chi connectivity index (χ2v) is 4.34. The van der Waals surface area contributed by atoms with E-state index < -0.39 is 0 Å². The fraction of sp³-hybridized carbons (Fsp3) is 0.400. The fourth-order valence-electron chi connectivity index (χ4n) is 1.68. The lowest BCUT2D eigenvalue weighted by atomic mass is 10.1. The standard InChI is InChI=1S/C15H20N2O/c1-4-9-17-15(18)13(3)16-10-8-14-7-5-6-12(2)11-14/h1,5-7,11,13,16H,8-10H2,2-3H3,(H,17,18). The van der Waals surface area contributed by atoms with Crippen molar-refractivity contribution in [2.75, 3.05) is 13.1 Å². The number of aryl methyl sites for hydroxylation is 1. The molecule has 0 spiro atoms. The van der Waals surface area contributed by atoms with Gasteiger partial charge in [-0.1, -0.05) is 35.7 Å². The molecule has 0 fully saturated rings. The molecule has 1 aromatic carbocycles. The Labute approximate surface area is 109 Å². The number of hydrogen-bond acceptors (Lipinski definition) is 2. The summed E-state index contributed by atoms with van der Waals surface area (Å²) in [6.07, 6.45) is 5.99. The number of hydrogen-bond donors (Lipinski definition) is 2. The van der Waals surface area contributed by atoms with E-state index in [1.165, 1.54) is 11.1 Å². The molecule has 0 heterocycles. The van der Waals surface area contributed by atoms with Crippen molar-refractivity contribution in [1.29, 1.82) is 0 Å². The molecule has 1 aromatic rings. The van der Waals surface area contributed by atoms with Crippen LogP contribution in [-0.4, -0.2) is 25.0 Å². The molecule has 0 radical (unpaired) electrons. The third-order valence-corrected chi connectivity index (χ3v) is 2.70. The van der Waals surface area contributed by atoms with E-state index in [9.17, 15) is 4.79 Å². The van der Waals surface area contributed by atoms with Crippen LogP contribution >= 0.6 is 0 Å². The minimum atomic E-state index is -0.219. The lowest BCUT2D eigenvalue weighted by Gasteiger charge is -2.13. The van der Waals surface area contributed by atoms with Gasteiger partial charge in [0.05, 0.1) is 12.6 Å². The Morgan fingerprint density at radius 3 is 2.94 bits per heavy atom. The number of benzene rings is 1. The topological polar surface area (TPSA) is 41.1 Å². The van der Waals surface area contributed by atoms with Gasteiger partial charge in [-0.2, -0.15) is 0 Å². The lowest BCUT2D eigenvalue weighted by molar-refractivity contribution is -0.122. The quantitative estimate of drug-likeness (QED) is 0.740. The first-order valence-corrected chi connectivity index (χ1v) is 6.13. The molecule has 0 aliphatic carbocycles. The second kappa shape index (κ2) is 7.52. The molecule has 1 unspecified atom stereocenters. The number of nitrogens with one attached hydrogen (secondary N) is 2. The van der Waals surface area contributed by atoms with E-state index in [0.29, 0.717) is 0 Å². The van der Waals surface area contributed by atoms with Crippen LogP contribution in [0.25, 0.3) is 0 Å². The first-order chi connectivity index (χ1) is 8.63. The summed E-state index contributed by atoms with van der Waals surface area (Å²) in [6, 6.07) is 8.16.